The molecule has 0 aliphatic carbocycles. The van der Waals surface area contributed by atoms with Crippen LogP contribution < -0.4 is 37.2 Å². The predicted molar refractivity (Wildman–Crippen MR) is 343 cm³/mol. The van der Waals surface area contributed by atoms with Gasteiger partial charge in [-0.1, -0.05) is 135 Å². The lowest BCUT2D eigenvalue weighted by Gasteiger charge is -2.34. The maximum absolute atomic E-state index is 15.1. The van der Waals surface area contributed by atoms with Gasteiger partial charge < -0.3 is 61.9 Å². The van der Waals surface area contributed by atoms with Gasteiger partial charge in [-0.25, -0.2) is 0 Å². The maximum Gasteiger partial charge on any atom is 0.249 e. The van der Waals surface area contributed by atoms with Gasteiger partial charge >= 0.3 is 0 Å². The SMILES string of the molecule is CNC(=O)C(O)[C@H](Cc1ccccc1)C(=O)NC1CCCCNC(=O)C(CS)NC(=O)C(Cc2ccccc2)NC(=O)C(C)N(C)C(=O)C(C)NC(=O)C(Cc2ccccc2)N(C)C(=O)CN(C)C(=O)C(Cc2ccccc2)NC(=O)C(CC(C)C)N(C)C1=O. The summed E-state index contributed by atoms with van der Waals surface area (Å²) in [5.74, 6) is -9.78. The van der Waals surface area contributed by atoms with Crippen LogP contribution in [-0.4, -0.2) is 198 Å². The number of benzene rings is 4. The van der Waals surface area contributed by atoms with E-state index in [-0.39, 0.29) is 69.6 Å². The highest BCUT2D eigenvalue weighted by Crippen LogP contribution is 2.20. The molecule has 4 aromatic carbocycles. The van der Waals surface area contributed by atoms with Gasteiger partial charge in [0, 0.05) is 66.8 Å². The first-order valence-electron chi connectivity index (χ1n) is 30.3. The van der Waals surface area contributed by atoms with Gasteiger partial charge in [-0.3, -0.25) is 52.7 Å². The molecule has 1 aliphatic rings. The molecule has 1 heterocycles. The van der Waals surface area contributed by atoms with E-state index in [0.717, 1.165) is 9.80 Å². The summed E-state index contributed by atoms with van der Waals surface area (Å²) in [7, 11) is 6.85. The van der Waals surface area contributed by atoms with Gasteiger partial charge in [0.05, 0.1) is 12.5 Å². The minimum absolute atomic E-state index is 0.00978. The highest BCUT2D eigenvalue weighted by atomic mass is 32.1. The number of carbonyl (C=O) groups excluding carboxylic acids is 11. The van der Waals surface area contributed by atoms with E-state index in [4.69, 9.17) is 0 Å². The van der Waals surface area contributed by atoms with Crippen LogP contribution in [0.25, 0.3) is 0 Å². The molecule has 9 unspecified atom stereocenters. The summed E-state index contributed by atoms with van der Waals surface area (Å²) in [4.78, 5) is 162. The Morgan fingerprint density at radius 3 is 1.60 bits per heavy atom. The molecule has 0 bridgehead atoms. The molecule has 1 aliphatic heterocycles. The van der Waals surface area contributed by atoms with Crippen molar-refractivity contribution in [2.45, 2.75) is 134 Å². The Morgan fingerprint density at radius 1 is 0.567 bits per heavy atom. The summed E-state index contributed by atoms with van der Waals surface area (Å²) in [5.41, 5.74) is 2.59. The second-order valence-electron chi connectivity index (χ2n) is 23.3. The molecule has 10 atom stereocenters. The average Bonchev–Trinajstić information content (AvgIpc) is 3.57. The van der Waals surface area contributed by atoms with Crippen LogP contribution in [0.2, 0.25) is 0 Å². The third-order valence-electron chi connectivity index (χ3n) is 16.0. The van der Waals surface area contributed by atoms with Crippen LogP contribution in [0.3, 0.4) is 0 Å². The smallest absolute Gasteiger partial charge is 0.249 e. The molecule has 8 N–H and O–H groups in total. The Morgan fingerprint density at radius 2 is 1.07 bits per heavy atom. The molecule has 0 spiro atoms. The molecule has 24 heteroatoms. The van der Waals surface area contributed by atoms with Crippen molar-refractivity contribution >= 4 is 77.6 Å². The minimum atomic E-state index is -1.85. The van der Waals surface area contributed by atoms with E-state index in [1.165, 1.54) is 58.9 Å². The molecule has 1 fully saturated rings. The summed E-state index contributed by atoms with van der Waals surface area (Å²) >= 11 is 4.37. The largest absolute Gasteiger partial charge is 0.382 e. The zero-order valence-corrected chi connectivity index (χ0v) is 53.7. The van der Waals surface area contributed by atoms with Gasteiger partial charge in [-0.05, 0) is 74.1 Å². The van der Waals surface area contributed by atoms with Crippen LogP contribution in [0.1, 0.15) is 75.6 Å². The standard InChI is InChI=1S/C66H89N11O12S/c1-41(2)34-53-62(85)72-51(37-46-28-18-12-19-29-46)65(88)74(6)39-55(78)76(8)54(38-47-30-20-13-21-31-47)61(84)69-42(3)64(87)75(7)43(4)57(80)71-50(36-45-26-16-11-17-27-45)60(83)73-52(40-90)59(82)68-33-23-22-32-49(66(89)77(53)9)70-58(81)48(56(79)63(86)67-5)35-44-24-14-10-15-25-44/h10-21,24-31,41-43,48-54,56,79,90H,22-23,32-40H2,1-9H3,(H,67,86)(H,68,82)(H,69,84)(H,70,81)(H,71,80)(H,72,85)(H,73,83)/t42?,43?,48-,49?,50?,51?,52?,53?,54?,56?/m0/s1. The number of hydrogen-bond acceptors (Lipinski definition) is 13. The van der Waals surface area contributed by atoms with Gasteiger partial charge in [0.25, 0.3) is 0 Å². The number of likely N-dealkylation sites (N-methyl/N-ethyl adjacent to an activating group) is 5. The van der Waals surface area contributed by atoms with E-state index in [9.17, 15) is 53.1 Å². The third-order valence-corrected chi connectivity index (χ3v) is 16.4. The van der Waals surface area contributed by atoms with Gasteiger partial charge in [-0.15, -0.1) is 0 Å². The molecule has 0 radical (unpaired) electrons. The topological polar surface area (TPSA) is 305 Å². The number of carbonyl (C=O) groups is 11. The van der Waals surface area contributed by atoms with Gasteiger partial charge in [0.1, 0.15) is 54.4 Å². The van der Waals surface area contributed by atoms with Crippen LogP contribution in [-0.2, 0) is 78.4 Å². The molecule has 5 rings (SSSR count). The predicted octanol–water partition coefficient (Wildman–Crippen LogP) is 1.36. The molecular formula is C66H89N11O12S. The molecule has 0 aromatic heterocycles. The Kier molecular flexibility index (Phi) is 28.5. The van der Waals surface area contributed by atoms with E-state index in [1.54, 1.807) is 121 Å². The van der Waals surface area contributed by atoms with Crippen molar-refractivity contribution in [1.82, 2.24) is 56.8 Å². The number of aliphatic hydroxyl groups is 1. The highest BCUT2D eigenvalue weighted by Gasteiger charge is 2.40. The number of amides is 11. The Hall–Kier alpha value is -8.64. The normalized spacial score (nSPS) is 23.1. The van der Waals surface area contributed by atoms with E-state index < -0.39 is 132 Å². The molecule has 23 nitrogen and oxygen atoms in total. The second kappa shape index (κ2) is 35.5. The molecular weight excluding hydrogens is 1170 g/mol. The van der Waals surface area contributed by atoms with E-state index in [1.807, 2.05) is 13.8 Å². The minimum Gasteiger partial charge on any atom is -0.382 e. The molecule has 0 saturated carbocycles. The summed E-state index contributed by atoms with van der Waals surface area (Å²) in [5, 5.41) is 30.3. The van der Waals surface area contributed by atoms with Crippen LogP contribution in [0, 0.1) is 11.8 Å². The zero-order valence-electron chi connectivity index (χ0n) is 52.9. The van der Waals surface area contributed by atoms with Gasteiger partial charge in [0.15, 0.2) is 0 Å². The number of thiol groups is 1. The monoisotopic (exact) mass is 1260 g/mol. The molecule has 1 saturated heterocycles. The molecule has 11 amide bonds. The van der Waals surface area contributed by atoms with Crippen molar-refractivity contribution in [3.8, 4) is 0 Å². The number of rotatable bonds is 15. The lowest BCUT2D eigenvalue weighted by molar-refractivity contribution is -0.146. The van der Waals surface area contributed by atoms with Crippen molar-refractivity contribution in [2.75, 3.05) is 54.1 Å². The van der Waals surface area contributed by atoms with Crippen molar-refractivity contribution in [3.05, 3.63) is 144 Å². The van der Waals surface area contributed by atoms with Crippen molar-refractivity contribution in [2.24, 2.45) is 11.8 Å². The first-order valence-corrected chi connectivity index (χ1v) is 31.0. The Balaban J connectivity index is 1.56. The fraction of sp³-hybridized carbons (Fsp3) is 0.470. The second-order valence-corrected chi connectivity index (χ2v) is 23.7. The van der Waals surface area contributed by atoms with Crippen molar-refractivity contribution < 1.29 is 57.8 Å². The first kappa shape index (κ1) is 72.1. The quantitative estimate of drug-likeness (QED) is 0.0763. The third kappa shape index (κ3) is 21.3. The number of nitrogens with zero attached hydrogens (tertiary/aromatic N) is 4. The summed E-state index contributed by atoms with van der Waals surface area (Å²) in [6.45, 7) is 5.99. The van der Waals surface area contributed by atoms with Crippen molar-refractivity contribution in [1.29, 1.82) is 0 Å². The maximum atomic E-state index is 15.1. The molecule has 90 heavy (non-hydrogen) atoms. The molecule has 486 valence electrons. The lowest BCUT2D eigenvalue weighted by Crippen LogP contribution is -2.59. The summed E-state index contributed by atoms with van der Waals surface area (Å²) in [6.07, 6.45) is -1.64. The summed E-state index contributed by atoms with van der Waals surface area (Å²) < 4.78 is 0. The Bertz CT molecular complexity index is 3070. The molecule has 4 aromatic rings. The average molecular weight is 1260 g/mol. The fourth-order valence-corrected chi connectivity index (χ4v) is 10.7. The highest BCUT2D eigenvalue weighted by molar-refractivity contribution is 7.80. The van der Waals surface area contributed by atoms with Crippen LogP contribution in [0.4, 0.5) is 0 Å². The number of aliphatic hydroxyl groups excluding tert-OH is 1. The number of nitrogens with one attached hydrogen (secondary N) is 7. The summed E-state index contributed by atoms with van der Waals surface area (Å²) in [6, 6.07) is 25.0. The van der Waals surface area contributed by atoms with Crippen molar-refractivity contribution in [3.63, 3.8) is 0 Å². The van der Waals surface area contributed by atoms with E-state index in [0.29, 0.717) is 22.3 Å². The fourth-order valence-electron chi connectivity index (χ4n) is 10.4. The van der Waals surface area contributed by atoms with Crippen LogP contribution in [0.5, 0.6) is 0 Å². The zero-order chi connectivity index (χ0) is 66.2. The van der Waals surface area contributed by atoms with E-state index >= 15 is 4.79 Å². The first-order chi connectivity index (χ1) is 42.8. The lowest BCUT2D eigenvalue weighted by atomic mass is 9.91. The van der Waals surface area contributed by atoms with E-state index in [2.05, 4.69) is 49.8 Å². The van der Waals surface area contributed by atoms with Crippen LogP contribution >= 0.6 is 12.6 Å². The van der Waals surface area contributed by atoms with Crippen LogP contribution in [0.15, 0.2) is 121 Å². The van der Waals surface area contributed by atoms with Gasteiger partial charge in [0.2, 0.25) is 65.0 Å². The number of hydrogen-bond donors (Lipinski definition) is 9. The Labute approximate surface area is 533 Å². The van der Waals surface area contributed by atoms with Gasteiger partial charge in [-0.2, -0.15) is 12.6 Å².